The molecule has 1 fully saturated rings. The van der Waals surface area contributed by atoms with Gasteiger partial charge in [-0.3, -0.25) is 9.69 Å². The molecule has 0 bridgehead atoms. The summed E-state index contributed by atoms with van der Waals surface area (Å²) in [5.41, 5.74) is -0.0668. The van der Waals surface area contributed by atoms with Crippen molar-refractivity contribution in [1.29, 1.82) is 0 Å². The Balaban J connectivity index is 1.87. The molecule has 8 heteroatoms. The monoisotopic (exact) mass is 346 g/mol. The van der Waals surface area contributed by atoms with E-state index in [2.05, 4.69) is 5.32 Å². The maximum atomic E-state index is 13.5. The van der Waals surface area contributed by atoms with Gasteiger partial charge in [-0.25, -0.2) is 17.2 Å². The fourth-order valence-corrected chi connectivity index (χ4v) is 4.47. The van der Waals surface area contributed by atoms with Gasteiger partial charge in [-0.15, -0.1) is 0 Å². The van der Waals surface area contributed by atoms with E-state index in [1.165, 1.54) is 6.07 Å². The lowest BCUT2D eigenvalue weighted by Crippen LogP contribution is -2.38. The predicted molar refractivity (Wildman–Crippen MR) is 83.9 cm³/mol. The summed E-state index contributed by atoms with van der Waals surface area (Å²) in [6.45, 7) is 2.94. The maximum absolute atomic E-state index is 13.5. The molecule has 1 unspecified atom stereocenters. The molecular weight excluding hydrogens is 326 g/mol. The Morgan fingerprint density at radius 1 is 1.39 bits per heavy atom. The van der Waals surface area contributed by atoms with Gasteiger partial charge < -0.3 is 5.32 Å². The number of benzene rings is 1. The largest absolute Gasteiger partial charge is 0.324 e. The highest BCUT2D eigenvalue weighted by Gasteiger charge is 2.31. The van der Waals surface area contributed by atoms with Crippen LogP contribution in [0.15, 0.2) is 18.2 Å². The first-order valence-electron chi connectivity index (χ1n) is 7.50. The molecule has 1 amide bonds. The quantitative estimate of drug-likeness (QED) is 0.853. The highest BCUT2D eigenvalue weighted by molar-refractivity contribution is 7.91. The lowest BCUT2D eigenvalue weighted by molar-refractivity contribution is -0.116. The van der Waals surface area contributed by atoms with Gasteiger partial charge in [-0.1, -0.05) is 6.92 Å². The third kappa shape index (κ3) is 4.97. The minimum atomic E-state index is -2.97. The van der Waals surface area contributed by atoms with Crippen LogP contribution in [0.1, 0.15) is 19.8 Å². The number of hydrogen-bond acceptors (Lipinski definition) is 4. The summed E-state index contributed by atoms with van der Waals surface area (Å²) in [5.74, 6) is -1.63. The zero-order valence-electron chi connectivity index (χ0n) is 12.9. The number of hydrogen-bond donors (Lipinski definition) is 1. The maximum Gasteiger partial charge on any atom is 0.225 e. The van der Waals surface area contributed by atoms with E-state index < -0.39 is 27.4 Å². The zero-order chi connectivity index (χ0) is 17.0. The highest BCUT2D eigenvalue weighted by Crippen LogP contribution is 2.18. The Morgan fingerprint density at radius 2 is 2.13 bits per heavy atom. The molecule has 1 N–H and O–H groups in total. The normalized spacial score (nSPS) is 19.9. The molecule has 1 aromatic carbocycles. The Labute approximate surface area is 134 Å². The Bertz CT molecular complexity index is 679. The van der Waals surface area contributed by atoms with E-state index in [1.54, 1.807) is 0 Å². The van der Waals surface area contributed by atoms with Crippen LogP contribution in [0.3, 0.4) is 0 Å². The predicted octanol–water partition coefficient (Wildman–Crippen LogP) is 1.80. The molecule has 1 aliphatic heterocycles. The standard InChI is InChI=1S/C15H20F2N2O3S/c1-2-19(12-6-8-23(21,22)10-12)7-5-15(20)18-14-4-3-11(16)9-13(14)17/h3-4,9,12H,2,5-8,10H2,1H3,(H,18,20). The van der Waals surface area contributed by atoms with Gasteiger partial charge in [0.25, 0.3) is 0 Å². The van der Waals surface area contributed by atoms with E-state index >= 15 is 0 Å². The first-order chi connectivity index (χ1) is 10.8. The number of rotatable bonds is 6. The molecule has 0 radical (unpaired) electrons. The summed E-state index contributed by atoms with van der Waals surface area (Å²) in [5, 5.41) is 2.40. The minimum Gasteiger partial charge on any atom is -0.324 e. The van der Waals surface area contributed by atoms with Crippen molar-refractivity contribution in [2.45, 2.75) is 25.8 Å². The third-order valence-electron chi connectivity index (χ3n) is 3.96. The number of carbonyl (C=O) groups is 1. The SMILES string of the molecule is CCN(CCC(=O)Nc1ccc(F)cc1F)C1CCS(=O)(=O)C1. The minimum absolute atomic E-state index is 0.0668. The van der Waals surface area contributed by atoms with Gasteiger partial charge in [0.1, 0.15) is 11.6 Å². The van der Waals surface area contributed by atoms with Crippen molar-refractivity contribution in [1.82, 2.24) is 4.90 Å². The van der Waals surface area contributed by atoms with Gasteiger partial charge in [0, 0.05) is 25.1 Å². The summed E-state index contributed by atoms with van der Waals surface area (Å²) in [6.07, 6.45) is 0.686. The zero-order valence-corrected chi connectivity index (χ0v) is 13.7. The van der Waals surface area contributed by atoms with Crippen LogP contribution in [0.5, 0.6) is 0 Å². The number of halogens is 2. The average Bonchev–Trinajstić information content (AvgIpc) is 2.83. The molecule has 0 aliphatic carbocycles. The van der Waals surface area contributed by atoms with Crippen LogP contribution in [0.4, 0.5) is 14.5 Å². The second-order valence-electron chi connectivity index (χ2n) is 5.61. The van der Waals surface area contributed by atoms with Gasteiger partial charge >= 0.3 is 0 Å². The van der Waals surface area contributed by atoms with E-state index in [0.717, 1.165) is 6.07 Å². The molecule has 1 saturated heterocycles. The summed E-state index contributed by atoms with van der Waals surface area (Å²) in [4.78, 5) is 13.8. The third-order valence-corrected chi connectivity index (χ3v) is 5.71. The molecule has 2 rings (SSSR count). The molecule has 1 atom stereocenters. The lowest BCUT2D eigenvalue weighted by atomic mass is 10.2. The molecule has 128 valence electrons. The first kappa shape index (κ1) is 17.8. The first-order valence-corrected chi connectivity index (χ1v) is 9.32. The van der Waals surface area contributed by atoms with Crippen molar-refractivity contribution < 1.29 is 22.0 Å². The van der Waals surface area contributed by atoms with Crippen molar-refractivity contribution >= 4 is 21.4 Å². The fraction of sp³-hybridized carbons (Fsp3) is 0.533. The van der Waals surface area contributed by atoms with Gasteiger partial charge in [-0.05, 0) is 25.1 Å². The van der Waals surface area contributed by atoms with Crippen LogP contribution in [0.25, 0.3) is 0 Å². The summed E-state index contributed by atoms with van der Waals surface area (Å²) in [6, 6.07) is 2.88. The average molecular weight is 346 g/mol. The molecule has 1 aliphatic rings. The second kappa shape index (κ2) is 7.35. The van der Waals surface area contributed by atoms with E-state index in [1.807, 2.05) is 11.8 Å². The molecule has 1 heterocycles. The Hall–Kier alpha value is -1.54. The number of sulfone groups is 1. The van der Waals surface area contributed by atoms with Crippen LogP contribution < -0.4 is 5.32 Å². The number of carbonyl (C=O) groups excluding carboxylic acids is 1. The molecule has 5 nitrogen and oxygen atoms in total. The Morgan fingerprint density at radius 3 is 2.70 bits per heavy atom. The molecular formula is C15H20F2N2O3S. The van der Waals surface area contributed by atoms with Crippen molar-refractivity contribution in [2.24, 2.45) is 0 Å². The van der Waals surface area contributed by atoms with Gasteiger partial charge in [0.15, 0.2) is 9.84 Å². The van der Waals surface area contributed by atoms with Gasteiger partial charge in [0.2, 0.25) is 5.91 Å². The van der Waals surface area contributed by atoms with Crippen molar-refractivity contribution in [2.75, 3.05) is 29.9 Å². The van der Waals surface area contributed by atoms with Crippen LogP contribution >= 0.6 is 0 Å². The second-order valence-corrected chi connectivity index (χ2v) is 7.84. The summed E-state index contributed by atoms with van der Waals surface area (Å²) < 4.78 is 49.3. The smallest absolute Gasteiger partial charge is 0.225 e. The van der Waals surface area contributed by atoms with E-state index in [9.17, 15) is 22.0 Å². The molecule has 0 aromatic heterocycles. The fourth-order valence-electron chi connectivity index (χ4n) is 2.71. The van der Waals surface area contributed by atoms with Gasteiger partial charge in [-0.2, -0.15) is 0 Å². The molecule has 23 heavy (non-hydrogen) atoms. The van der Waals surface area contributed by atoms with Crippen LogP contribution in [0, 0.1) is 11.6 Å². The highest BCUT2D eigenvalue weighted by atomic mass is 32.2. The number of amides is 1. The number of nitrogens with one attached hydrogen (secondary N) is 1. The van der Waals surface area contributed by atoms with E-state index in [4.69, 9.17) is 0 Å². The van der Waals surface area contributed by atoms with Crippen LogP contribution in [0.2, 0.25) is 0 Å². The van der Waals surface area contributed by atoms with Crippen molar-refractivity contribution in [3.05, 3.63) is 29.8 Å². The molecule has 0 spiro atoms. The van der Waals surface area contributed by atoms with E-state index in [0.29, 0.717) is 25.6 Å². The van der Waals surface area contributed by atoms with Gasteiger partial charge in [0.05, 0.1) is 17.2 Å². The number of nitrogens with zero attached hydrogens (tertiary/aromatic N) is 1. The summed E-state index contributed by atoms with van der Waals surface area (Å²) >= 11 is 0. The van der Waals surface area contributed by atoms with Crippen molar-refractivity contribution in [3.63, 3.8) is 0 Å². The van der Waals surface area contributed by atoms with E-state index in [-0.39, 0.29) is 29.7 Å². The summed E-state index contributed by atoms with van der Waals surface area (Å²) in [7, 11) is -2.97. The van der Waals surface area contributed by atoms with Crippen molar-refractivity contribution in [3.8, 4) is 0 Å². The topological polar surface area (TPSA) is 66.5 Å². The molecule has 0 saturated carbocycles. The van der Waals surface area contributed by atoms with Crippen LogP contribution in [-0.2, 0) is 14.6 Å². The molecule has 1 aromatic rings. The Kier molecular flexibility index (Phi) is 5.69. The van der Waals surface area contributed by atoms with Crippen LogP contribution in [-0.4, -0.2) is 49.9 Å². The lowest BCUT2D eigenvalue weighted by Gasteiger charge is -2.26. The number of anilines is 1.